The van der Waals surface area contributed by atoms with Gasteiger partial charge in [0.2, 0.25) is 0 Å². The molecule has 134 valence electrons. The predicted octanol–water partition coefficient (Wildman–Crippen LogP) is 0.146. The van der Waals surface area contributed by atoms with Crippen LogP contribution in [0.15, 0.2) is 21.9 Å². The van der Waals surface area contributed by atoms with Gasteiger partial charge in [-0.1, -0.05) is 0 Å². The summed E-state index contributed by atoms with van der Waals surface area (Å²) < 4.78 is 4.23. The van der Waals surface area contributed by atoms with Crippen molar-refractivity contribution < 1.29 is 4.79 Å². The Morgan fingerprint density at radius 1 is 1.20 bits per heavy atom. The third-order valence-corrected chi connectivity index (χ3v) is 4.85. The summed E-state index contributed by atoms with van der Waals surface area (Å²) in [7, 11) is 4.87. The van der Waals surface area contributed by atoms with Gasteiger partial charge in [0.1, 0.15) is 11.5 Å². The molecule has 2 aromatic rings. The number of carbonyl (C=O) groups is 1. The number of piperidine rings is 1. The van der Waals surface area contributed by atoms with Gasteiger partial charge in [-0.3, -0.25) is 18.7 Å². The van der Waals surface area contributed by atoms with Gasteiger partial charge < -0.3 is 9.47 Å². The minimum Gasteiger partial charge on any atom is -0.337 e. The summed E-state index contributed by atoms with van der Waals surface area (Å²) in [6.45, 7) is 3.10. The number of hydrogen-bond donors (Lipinski definition) is 0. The van der Waals surface area contributed by atoms with E-state index in [9.17, 15) is 14.4 Å². The zero-order valence-electron chi connectivity index (χ0n) is 15.0. The largest absolute Gasteiger partial charge is 0.337 e. The quantitative estimate of drug-likeness (QED) is 0.776. The number of hydrogen-bond acceptors (Lipinski definition) is 4. The van der Waals surface area contributed by atoms with Crippen molar-refractivity contribution in [3.8, 4) is 0 Å². The van der Waals surface area contributed by atoms with Crippen molar-refractivity contribution in [2.24, 2.45) is 21.1 Å². The average Bonchev–Trinajstić information content (AvgIpc) is 2.94. The number of aromatic nitrogens is 4. The molecule has 0 spiro atoms. The summed E-state index contributed by atoms with van der Waals surface area (Å²) in [6.07, 6.45) is 3.80. The first-order valence-electron chi connectivity index (χ1n) is 8.35. The monoisotopic (exact) mass is 345 g/mol. The lowest BCUT2D eigenvalue weighted by Crippen LogP contribution is -2.45. The first-order valence-corrected chi connectivity index (χ1v) is 8.35. The smallest absolute Gasteiger partial charge is 0.331 e. The van der Waals surface area contributed by atoms with E-state index in [4.69, 9.17) is 0 Å². The molecule has 2 aromatic heterocycles. The van der Waals surface area contributed by atoms with Crippen LogP contribution in [0.2, 0.25) is 0 Å². The van der Waals surface area contributed by atoms with Crippen LogP contribution in [0, 0.1) is 6.92 Å². The van der Waals surface area contributed by atoms with E-state index in [-0.39, 0.29) is 17.5 Å². The summed E-state index contributed by atoms with van der Waals surface area (Å²) in [5.74, 6) is 0.834. The number of nitrogens with zero attached hydrogens (tertiary/aromatic N) is 5. The van der Waals surface area contributed by atoms with Crippen LogP contribution >= 0.6 is 0 Å². The average molecular weight is 345 g/mol. The van der Waals surface area contributed by atoms with Gasteiger partial charge in [0.05, 0.1) is 5.69 Å². The van der Waals surface area contributed by atoms with E-state index >= 15 is 0 Å². The van der Waals surface area contributed by atoms with Gasteiger partial charge in [-0.2, -0.15) is 0 Å². The Bertz CT molecular complexity index is 937. The Morgan fingerprint density at radius 3 is 2.56 bits per heavy atom. The molecule has 0 aliphatic carbocycles. The normalized spacial score (nSPS) is 17.8. The molecule has 3 heterocycles. The van der Waals surface area contributed by atoms with Gasteiger partial charge in [-0.05, 0) is 19.8 Å². The number of amides is 1. The molecule has 0 N–H and O–H groups in total. The summed E-state index contributed by atoms with van der Waals surface area (Å²) in [4.78, 5) is 43.2. The predicted molar refractivity (Wildman–Crippen MR) is 92.7 cm³/mol. The standard InChI is InChI=1S/C17H23N5O3/c1-11-9-19(2)15(18-11)12-6-5-7-22(10-12)16(24)13-8-14(23)21(4)17(25)20(13)3/h8-9,12H,5-7,10H2,1-4H3. The molecule has 0 radical (unpaired) electrons. The minimum absolute atomic E-state index is 0.129. The van der Waals surface area contributed by atoms with E-state index in [1.807, 2.05) is 24.7 Å². The summed E-state index contributed by atoms with van der Waals surface area (Å²) in [5, 5.41) is 0. The van der Waals surface area contributed by atoms with Crippen LogP contribution in [0.1, 0.15) is 40.8 Å². The molecule has 3 rings (SSSR count). The number of carbonyl (C=O) groups excluding carboxylic acids is 1. The molecule has 1 atom stereocenters. The van der Waals surface area contributed by atoms with Crippen LogP contribution in [0.5, 0.6) is 0 Å². The summed E-state index contributed by atoms with van der Waals surface area (Å²) in [5.41, 5.74) is 0.114. The fourth-order valence-corrected chi connectivity index (χ4v) is 3.49. The Hall–Kier alpha value is -2.64. The lowest BCUT2D eigenvalue weighted by Gasteiger charge is -2.32. The summed E-state index contributed by atoms with van der Waals surface area (Å²) >= 11 is 0. The molecular formula is C17H23N5O3. The SMILES string of the molecule is Cc1cn(C)c(C2CCCN(C(=O)c3cc(=O)n(C)c(=O)n3C)C2)n1. The first-order chi connectivity index (χ1) is 11.8. The lowest BCUT2D eigenvalue weighted by molar-refractivity contribution is 0.0691. The number of imidazole rings is 1. The third kappa shape index (κ3) is 3.04. The van der Waals surface area contributed by atoms with Crippen LogP contribution in [-0.4, -0.2) is 42.6 Å². The van der Waals surface area contributed by atoms with Crippen molar-refractivity contribution in [3.05, 3.63) is 50.3 Å². The molecule has 1 amide bonds. The van der Waals surface area contributed by atoms with Crippen molar-refractivity contribution in [2.45, 2.75) is 25.7 Å². The van der Waals surface area contributed by atoms with Crippen molar-refractivity contribution in [1.29, 1.82) is 0 Å². The van der Waals surface area contributed by atoms with E-state index in [0.29, 0.717) is 13.1 Å². The Kier molecular flexibility index (Phi) is 4.36. The molecule has 1 aliphatic heterocycles. The van der Waals surface area contributed by atoms with E-state index in [2.05, 4.69) is 4.98 Å². The number of rotatable bonds is 2. The van der Waals surface area contributed by atoms with Crippen LogP contribution in [-0.2, 0) is 21.1 Å². The molecule has 1 saturated heterocycles. The second-order valence-electron chi connectivity index (χ2n) is 6.71. The Morgan fingerprint density at radius 2 is 1.92 bits per heavy atom. The van der Waals surface area contributed by atoms with Crippen LogP contribution in [0.4, 0.5) is 0 Å². The number of aryl methyl sites for hydroxylation is 2. The van der Waals surface area contributed by atoms with Gasteiger partial charge in [0.15, 0.2) is 0 Å². The second kappa shape index (κ2) is 6.34. The van der Waals surface area contributed by atoms with E-state index < -0.39 is 11.2 Å². The van der Waals surface area contributed by atoms with Crippen molar-refractivity contribution in [2.75, 3.05) is 13.1 Å². The van der Waals surface area contributed by atoms with Crippen LogP contribution < -0.4 is 11.2 Å². The maximum atomic E-state index is 12.9. The Labute approximate surface area is 145 Å². The second-order valence-corrected chi connectivity index (χ2v) is 6.71. The lowest BCUT2D eigenvalue weighted by atomic mass is 9.97. The van der Waals surface area contributed by atoms with E-state index in [0.717, 1.165) is 28.9 Å². The zero-order chi connectivity index (χ0) is 18.3. The maximum absolute atomic E-state index is 12.9. The Balaban J connectivity index is 1.90. The highest BCUT2D eigenvalue weighted by atomic mass is 16.2. The van der Waals surface area contributed by atoms with Crippen molar-refractivity contribution in [3.63, 3.8) is 0 Å². The van der Waals surface area contributed by atoms with Crippen molar-refractivity contribution >= 4 is 5.91 Å². The molecule has 1 aliphatic rings. The topological polar surface area (TPSA) is 82.1 Å². The molecule has 8 nitrogen and oxygen atoms in total. The van der Waals surface area contributed by atoms with Gasteiger partial charge in [-0.15, -0.1) is 0 Å². The van der Waals surface area contributed by atoms with E-state index in [1.54, 1.807) is 4.90 Å². The highest BCUT2D eigenvalue weighted by Crippen LogP contribution is 2.26. The first kappa shape index (κ1) is 17.2. The van der Waals surface area contributed by atoms with Crippen LogP contribution in [0.25, 0.3) is 0 Å². The molecule has 0 aromatic carbocycles. The van der Waals surface area contributed by atoms with Gasteiger partial charge in [-0.25, -0.2) is 9.78 Å². The zero-order valence-corrected chi connectivity index (χ0v) is 15.0. The molecule has 1 unspecified atom stereocenters. The third-order valence-electron chi connectivity index (χ3n) is 4.85. The minimum atomic E-state index is -0.496. The molecular weight excluding hydrogens is 322 g/mol. The fourth-order valence-electron chi connectivity index (χ4n) is 3.49. The number of likely N-dealkylation sites (tertiary alicyclic amines) is 1. The molecule has 0 saturated carbocycles. The van der Waals surface area contributed by atoms with Gasteiger partial charge >= 0.3 is 5.69 Å². The molecule has 0 bridgehead atoms. The molecule has 8 heteroatoms. The van der Waals surface area contributed by atoms with Crippen molar-refractivity contribution in [1.82, 2.24) is 23.6 Å². The maximum Gasteiger partial charge on any atom is 0.331 e. The highest BCUT2D eigenvalue weighted by Gasteiger charge is 2.29. The highest BCUT2D eigenvalue weighted by molar-refractivity contribution is 5.92. The molecule has 1 fully saturated rings. The van der Waals surface area contributed by atoms with Crippen LogP contribution in [0.3, 0.4) is 0 Å². The molecule has 25 heavy (non-hydrogen) atoms. The summed E-state index contributed by atoms with van der Waals surface area (Å²) in [6, 6.07) is 1.23. The van der Waals surface area contributed by atoms with E-state index in [1.165, 1.54) is 24.7 Å². The van der Waals surface area contributed by atoms with Gasteiger partial charge in [0, 0.05) is 52.4 Å². The fraction of sp³-hybridized carbons (Fsp3) is 0.529. The van der Waals surface area contributed by atoms with Gasteiger partial charge in [0.25, 0.3) is 11.5 Å².